The monoisotopic (exact) mass is 671 g/mol. The van der Waals surface area contributed by atoms with Gasteiger partial charge in [0.05, 0.1) is 5.92 Å². The molecule has 0 spiro atoms. The summed E-state index contributed by atoms with van der Waals surface area (Å²) in [6.45, 7) is 4.03. The predicted molar refractivity (Wildman–Crippen MR) is 181 cm³/mol. The van der Waals surface area contributed by atoms with E-state index >= 15 is 0 Å². The van der Waals surface area contributed by atoms with E-state index in [0.717, 1.165) is 44.9 Å². The zero-order valence-corrected chi connectivity index (χ0v) is 28.4. The van der Waals surface area contributed by atoms with Crippen LogP contribution in [0.2, 0.25) is 0 Å². The van der Waals surface area contributed by atoms with E-state index in [9.17, 15) is 39.3 Å². The summed E-state index contributed by atoms with van der Waals surface area (Å²) in [6, 6.07) is 5.11. The highest BCUT2D eigenvalue weighted by Gasteiger charge is 2.47. The number of carboxylic acid groups (broad SMARTS) is 3. The van der Waals surface area contributed by atoms with E-state index in [0.29, 0.717) is 37.0 Å². The summed E-state index contributed by atoms with van der Waals surface area (Å²) in [4.78, 5) is 61.0. The molecule has 1 amide bonds. The molecule has 3 atom stereocenters. The fourth-order valence-electron chi connectivity index (χ4n) is 5.20. The van der Waals surface area contributed by atoms with E-state index in [2.05, 4.69) is 24.1 Å². The van der Waals surface area contributed by atoms with Crippen LogP contribution >= 0.6 is 0 Å². The third-order valence-electron chi connectivity index (χ3n) is 8.05. The van der Waals surface area contributed by atoms with Gasteiger partial charge < -0.3 is 30.5 Å². The number of benzene rings is 1. The maximum Gasteiger partial charge on any atom is 0.336 e. The summed E-state index contributed by atoms with van der Waals surface area (Å²) in [7, 11) is 0. The zero-order valence-electron chi connectivity index (χ0n) is 28.4. The molecule has 0 unspecified atom stereocenters. The summed E-state index contributed by atoms with van der Waals surface area (Å²) in [6.07, 6.45) is 11.8. The highest BCUT2D eigenvalue weighted by atomic mass is 16.5. The Morgan fingerprint density at radius 1 is 0.875 bits per heavy atom. The SMILES string of the molecule is CC#CCOc1ccc(C[C@H](NC(=O)[C@@H](/C=C/CCCCCCC(=O)CCCCCCC)[C@@](O)(CCCC(=O)O)C(=O)O)C(=O)O)cc1. The fraction of sp³-hybridized carbons (Fsp3) is 0.595. The maximum atomic E-state index is 13.5. The van der Waals surface area contributed by atoms with Crippen molar-refractivity contribution in [2.45, 2.75) is 128 Å². The van der Waals surface area contributed by atoms with Crippen LogP contribution in [0, 0.1) is 17.8 Å². The number of carbonyl (C=O) groups is 5. The van der Waals surface area contributed by atoms with Crippen LogP contribution in [0.3, 0.4) is 0 Å². The van der Waals surface area contributed by atoms with Gasteiger partial charge in [-0.15, -0.1) is 5.92 Å². The standard InChI is InChI=1S/C37H53NO10/c1-3-5-7-10-13-17-29(39)18-14-11-8-9-12-15-19-31(37(47,36(45)46)25-16-20-33(40)41)34(42)38-32(35(43)44)27-28-21-23-30(24-22-28)48-26-6-4-2/h15,19,21-24,31-32,47H,3,5,7-14,16-18,20,25-27H2,1-2H3,(H,38,42)(H,40,41)(H,43,44)(H,45,46)/b19-15+/t31-,32+,37+/m1/s1. The Morgan fingerprint density at radius 2 is 1.50 bits per heavy atom. The van der Waals surface area contributed by atoms with E-state index in [-0.39, 0.29) is 25.2 Å². The number of ketones is 1. The molecule has 0 aliphatic carbocycles. The summed E-state index contributed by atoms with van der Waals surface area (Å²) < 4.78 is 5.46. The predicted octanol–water partition coefficient (Wildman–Crippen LogP) is 5.71. The Hall–Kier alpha value is -4.17. The van der Waals surface area contributed by atoms with Gasteiger partial charge in [-0.2, -0.15) is 0 Å². The van der Waals surface area contributed by atoms with Crippen LogP contribution in [0.25, 0.3) is 0 Å². The van der Waals surface area contributed by atoms with Crippen LogP contribution in [0.4, 0.5) is 0 Å². The van der Waals surface area contributed by atoms with E-state index in [4.69, 9.17) is 9.84 Å². The minimum Gasteiger partial charge on any atom is -0.481 e. The lowest BCUT2D eigenvalue weighted by atomic mass is 9.81. The Balaban J connectivity index is 2.89. The molecule has 0 bridgehead atoms. The largest absolute Gasteiger partial charge is 0.481 e. The minimum atomic E-state index is -2.67. The molecule has 0 heterocycles. The van der Waals surface area contributed by atoms with E-state index in [1.807, 2.05) is 0 Å². The Kier molecular flexibility index (Phi) is 21.0. The number of aliphatic hydroxyl groups is 1. The topological polar surface area (TPSA) is 188 Å². The van der Waals surface area contributed by atoms with Crippen molar-refractivity contribution < 1.29 is 49.1 Å². The van der Waals surface area contributed by atoms with Crippen molar-refractivity contribution in [2.24, 2.45) is 5.92 Å². The molecule has 0 saturated heterocycles. The quantitative estimate of drug-likeness (QED) is 0.0440. The molecule has 0 fully saturated rings. The number of rotatable bonds is 27. The number of unbranched alkanes of at least 4 members (excludes halogenated alkanes) is 8. The van der Waals surface area contributed by atoms with Gasteiger partial charge in [-0.3, -0.25) is 14.4 Å². The van der Waals surface area contributed by atoms with E-state index < -0.39 is 54.2 Å². The summed E-state index contributed by atoms with van der Waals surface area (Å²) in [5.41, 5.74) is -2.11. The lowest BCUT2D eigenvalue weighted by Gasteiger charge is -2.30. The van der Waals surface area contributed by atoms with Crippen molar-refractivity contribution in [3.63, 3.8) is 0 Å². The van der Waals surface area contributed by atoms with Gasteiger partial charge in [0.1, 0.15) is 24.2 Å². The molecule has 1 aromatic rings. The normalized spacial score (nSPS) is 13.5. The van der Waals surface area contributed by atoms with Gasteiger partial charge in [-0.05, 0) is 63.1 Å². The van der Waals surface area contributed by atoms with E-state index in [1.165, 1.54) is 12.5 Å². The highest BCUT2D eigenvalue weighted by Crippen LogP contribution is 2.28. The van der Waals surface area contributed by atoms with Crippen LogP contribution in [0.5, 0.6) is 5.75 Å². The lowest BCUT2D eigenvalue weighted by molar-refractivity contribution is -0.168. The molecule has 11 nitrogen and oxygen atoms in total. The number of hydrogen-bond acceptors (Lipinski definition) is 7. The van der Waals surface area contributed by atoms with Crippen molar-refractivity contribution in [3.05, 3.63) is 42.0 Å². The Bertz CT molecular complexity index is 1250. The molecule has 0 aliphatic rings. The molecule has 5 N–H and O–H groups in total. The third-order valence-corrected chi connectivity index (χ3v) is 8.05. The Morgan fingerprint density at radius 3 is 2.06 bits per heavy atom. The number of Topliss-reactive ketones (excluding diaryl/α,β-unsaturated/α-hetero) is 1. The molecule has 266 valence electrons. The molecular weight excluding hydrogens is 618 g/mol. The van der Waals surface area contributed by atoms with Crippen LogP contribution in [-0.4, -0.2) is 68.3 Å². The molecular formula is C37H53NO10. The summed E-state index contributed by atoms with van der Waals surface area (Å²) in [5.74, 6) is -0.677. The smallest absolute Gasteiger partial charge is 0.336 e. The molecule has 11 heteroatoms. The van der Waals surface area contributed by atoms with E-state index in [1.54, 1.807) is 37.3 Å². The van der Waals surface area contributed by atoms with Gasteiger partial charge in [0.2, 0.25) is 5.91 Å². The van der Waals surface area contributed by atoms with Gasteiger partial charge in [-0.1, -0.05) is 75.7 Å². The van der Waals surface area contributed by atoms with Crippen molar-refractivity contribution in [2.75, 3.05) is 6.61 Å². The number of carbonyl (C=O) groups excluding carboxylic acids is 2. The number of hydrogen-bond donors (Lipinski definition) is 5. The second-order valence-electron chi connectivity index (χ2n) is 12.0. The fourth-order valence-corrected chi connectivity index (χ4v) is 5.20. The average molecular weight is 672 g/mol. The number of nitrogens with one attached hydrogen (secondary N) is 1. The van der Waals surface area contributed by atoms with Crippen molar-refractivity contribution >= 4 is 29.6 Å². The first-order valence-electron chi connectivity index (χ1n) is 16.9. The third kappa shape index (κ3) is 17.1. The Labute approximate surface area is 284 Å². The first-order valence-corrected chi connectivity index (χ1v) is 16.9. The molecule has 1 rings (SSSR count). The van der Waals surface area contributed by atoms with Crippen LogP contribution < -0.4 is 10.1 Å². The van der Waals surface area contributed by atoms with Gasteiger partial charge in [0.25, 0.3) is 0 Å². The maximum absolute atomic E-state index is 13.5. The number of aliphatic carboxylic acids is 3. The molecule has 1 aromatic carbocycles. The molecule has 0 saturated carbocycles. The number of amides is 1. The lowest BCUT2D eigenvalue weighted by Crippen LogP contribution is -2.54. The second-order valence-corrected chi connectivity index (χ2v) is 12.0. The van der Waals surface area contributed by atoms with Gasteiger partial charge in [0, 0.05) is 25.7 Å². The summed E-state index contributed by atoms with van der Waals surface area (Å²) >= 11 is 0. The second kappa shape index (κ2) is 24.0. The number of ether oxygens (including phenoxy) is 1. The molecule has 0 aromatic heterocycles. The number of carboxylic acids is 3. The first kappa shape index (κ1) is 41.9. The molecule has 48 heavy (non-hydrogen) atoms. The van der Waals surface area contributed by atoms with Crippen LogP contribution in [0.15, 0.2) is 36.4 Å². The van der Waals surface area contributed by atoms with Gasteiger partial charge in [-0.25, -0.2) is 9.59 Å². The van der Waals surface area contributed by atoms with Crippen molar-refractivity contribution in [1.82, 2.24) is 5.32 Å². The van der Waals surface area contributed by atoms with Crippen molar-refractivity contribution in [3.8, 4) is 17.6 Å². The highest BCUT2D eigenvalue weighted by molar-refractivity contribution is 5.92. The minimum absolute atomic E-state index is 0.127. The summed E-state index contributed by atoms with van der Waals surface area (Å²) in [5, 5.41) is 42.4. The zero-order chi connectivity index (χ0) is 35.8. The molecule has 0 radical (unpaired) electrons. The van der Waals surface area contributed by atoms with Gasteiger partial charge in [0.15, 0.2) is 5.60 Å². The van der Waals surface area contributed by atoms with Crippen LogP contribution in [0.1, 0.15) is 116 Å². The number of allylic oxidation sites excluding steroid dienone is 1. The average Bonchev–Trinajstić information content (AvgIpc) is 3.04. The first-order chi connectivity index (χ1) is 22.9. The molecule has 0 aliphatic heterocycles. The van der Waals surface area contributed by atoms with Crippen molar-refractivity contribution in [1.29, 1.82) is 0 Å². The van der Waals surface area contributed by atoms with Crippen LogP contribution in [-0.2, 0) is 30.4 Å². The van der Waals surface area contributed by atoms with Gasteiger partial charge >= 0.3 is 17.9 Å².